The molecule has 1 aromatic carbocycles. The first-order valence-electron chi connectivity index (χ1n) is 5.58. The van der Waals surface area contributed by atoms with Crippen molar-refractivity contribution >= 4 is 0 Å². The van der Waals surface area contributed by atoms with Gasteiger partial charge in [-0.3, -0.25) is 0 Å². The van der Waals surface area contributed by atoms with E-state index in [0.29, 0.717) is 0 Å². The zero-order valence-electron chi connectivity index (χ0n) is 9.83. The molecule has 0 heterocycles. The SMILES string of the molecule is CCCC(C#N)C(C)(C)c1ccccc1. The van der Waals surface area contributed by atoms with Gasteiger partial charge in [-0.25, -0.2) is 0 Å². The molecule has 80 valence electrons. The van der Waals surface area contributed by atoms with E-state index in [4.69, 9.17) is 0 Å². The molecule has 0 saturated heterocycles. The van der Waals surface area contributed by atoms with E-state index in [0.717, 1.165) is 12.8 Å². The summed E-state index contributed by atoms with van der Waals surface area (Å²) in [7, 11) is 0. The molecule has 0 aliphatic carbocycles. The van der Waals surface area contributed by atoms with Gasteiger partial charge in [-0.15, -0.1) is 0 Å². The van der Waals surface area contributed by atoms with Gasteiger partial charge in [-0.1, -0.05) is 57.5 Å². The van der Waals surface area contributed by atoms with Crippen LogP contribution >= 0.6 is 0 Å². The van der Waals surface area contributed by atoms with Crippen molar-refractivity contribution in [1.29, 1.82) is 5.26 Å². The molecule has 0 aliphatic heterocycles. The number of nitriles is 1. The average molecular weight is 201 g/mol. The third-order valence-corrected chi connectivity index (χ3v) is 3.12. The highest BCUT2D eigenvalue weighted by Crippen LogP contribution is 2.33. The molecule has 1 atom stereocenters. The third-order valence-electron chi connectivity index (χ3n) is 3.12. The Labute approximate surface area is 92.7 Å². The summed E-state index contributed by atoms with van der Waals surface area (Å²) in [6.07, 6.45) is 2.03. The zero-order chi connectivity index (χ0) is 11.3. The van der Waals surface area contributed by atoms with Gasteiger partial charge in [0.2, 0.25) is 0 Å². The van der Waals surface area contributed by atoms with Crippen LogP contribution in [0.4, 0.5) is 0 Å². The molecule has 1 rings (SSSR count). The maximum Gasteiger partial charge on any atom is 0.0664 e. The maximum absolute atomic E-state index is 9.20. The van der Waals surface area contributed by atoms with Gasteiger partial charge in [-0.05, 0) is 12.0 Å². The minimum atomic E-state index is -0.0496. The van der Waals surface area contributed by atoms with Crippen molar-refractivity contribution in [3.05, 3.63) is 35.9 Å². The average Bonchev–Trinajstić information content (AvgIpc) is 2.27. The Bertz CT molecular complexity index is 332. The van der Waals surface area contributed by atoms with E-state index in [2.05, 4.69) is 39.0 Å². The molecule has 0 aliphatic rings. The first-order valence-corrected chi connectivity index (χ1v) is 5.58. The summed E-state index contributed by atoms with van der Waals surface area (Å²) < 4.78 is 0. The van der Waals surface area contributed by atoms with E-state index in [1.54, 1.807) is 0 Å². The standard InChI is InChI=1S/C14H19N/c1-4-8-13(11-15)14(2,3)12-9-6-5-7-10-12/h5-7,9-10,13H,4,8H2,1-3H3. The second-order valence-electron chi connectivity index (χ2n) is 4.56. The lowest BCUT2D eigenvalue weighted by Crippen LogP contribution is -2.27. The van der Waals surface area contributed by atoms with Gasteiger partial charge in [0.1, 0.15) is 0 Å². The topological polar surface area (TPSA) is 23.8 Å². The Morgan fingerprint density at radius 3 is 2.33 bits per heavy atom. The van der Waals surface area contributed by atoms with Crippen molar-refractivity contribution in [2.24, 2.45) is 5.92 Å². The van der Waals surface area contributed by atoms with Gasteiger partial charge in [0.15, 0.2) is 0 Å². The molecule has 1 heteroatoms. The molecule has 0 amide bonds. The lowest BCUT2D eigenvalue weighted by Gasteiger charge is -2.30. The van der Waals surface area contributed by atoms with Crippen LogP contribution in [0.15, 0.2) is 30.3 Å². The van der Waals surface area contributed by atoms with Gasteiger partial charge >= 0.3 is 0 Å². The normalized spacial score (nSPS) is 13.2. The summed E-state index contributed by atoms with van der Waals surface area (Å²) in [6.45, 7) is 6.45. The highest BCUT2D eigenvalue weighted by molar-refractivity contribution is 5.26. The Balaban J connectivity index is 2.96. The van der Waals surface area contributed by atoms with Crippen LogP contribution in [0.5, 0.6) is 0 Å². The van der Waals surface area contributed by atoms with Crippen LogP contribution < -0.4 is 0 Å². The fourth-order valence-electron chi connectivity index (χ4n) is 1.94. The minimum absolute atomic E-state index is 0.0496. The summed E-state index contributed by atoms with van der Waals surface area (Å²) >= 11 is 0. The van der Waals surface area contributed by atoms with Gasteiger partial charge in [-0.2, -0.15) is 5.26 Å². The van der Waals surface area contributed by atoms with E-state index in [9.17, 15) is 5.26 Å². The Kier molecular flexibility index (Phi) is 3.91. The van der Waals surface area contributed by atoms with Crippen molar-refractivity contribution in [3.63, 3.8) is 0 Å². The first-order chi connectivity index (χ1) is 7.12. The number of hydrogen-bond donors (Lipinski definition) is 0. The molecule has 0 fully saturated rings. The molecule has 1 aromatic rings. The van der Waals surface area contributed by atoms with E-state index >= 15 is 0 Å². The van der Waals surface area contributed by atoms with Gasteiger partial charge in [0.25, 0.3) is 0 Å². The second-order valence-corrected chi connectivity index (χ2v) is 4.56. The van der Waals surface area contributed by atoms with Crippen molar-refractivity contribution in [3.8, 4) is 6.07 Å². The molecule has 1 unspecified atom stereocenters. The minimum Gasteiger partial charge on any atom is -0.198 e. The number of hydrogen-bond acceptors (Lipinski definition) is 1. The number of nitrogens with zero attached hydrogens (tertiary/aromatic N) is 1. The smallest absolute Gasteiger partial charge is 0.0664 e. The van der Waals surface area contributed by atoms with Crippen LogP contribution in [0.1, 0.15) is 39.2 Å². The molecule has 1 nitrogen and oxygen atoms in total. The largest absolute Gasteiger partial charge is 0.198 e. The Morgan fingerprint density at radius 2 is 1.87 bits per heavy atom. The summed E-state index contributed by atoms with van der Waals surface area (Å²) in [5.74, 6) is 0.102. The quantitative estimate of drug-likeness (QED) is 0.724. The van der Waals surface area contributed by atoms with Gasteiger partial charge in [0.05, 0.1) is 12.0 Å². The molecule has 0 N–H and O–H groups in total. The Morgan fingerprint density at radius 1 is 1.27 bits per heavy atom. The molecular weight excluding hydrogens is 182 g/mol. The van der Waals surface area contributed by atoms with E-state index < -0.39 is 0 Å². The zero-order valence-corrected chi connectivity index (χ0v) is 9.83. The molecule has 0 spiro atoms. The van der Waals surface area contributed by atoms with Gasteiger partial charge in [0, 0.05) is 5.41 Å². The maximum atomic E-state index is 9.20. The van der Waals surface area contributed by atoms with Crippen molar-refractivity contribution in [2.45, 2.75) is 39.0 Å². The number of rotatable bonds is 4. The van der Waals surface area contributed by atoms with Crippen LogP contribution in [0.2, 0.25) is 0 Å². The summed E-state index contributed by atoms with van der Waals surface area (Å²) in [5, 5.41) is 9.20. The van der Waals surface area contributed by atoms with Crippen molar-refractivity contribution in [1.82, 2.24) is 0 Å². The van der Waals surface area contributed by atoms with Crippen LogP contribution in [0.3, 0.4) is 0 Å². The molecule has 0 radical (unpaired) electrons. The van der Waals surface area contributed by atoms with Crippen LogP contribution in [0, 0.1) is 17.2 Å². The van der Waals surface area contributed by atoms with Crippen molar-refractivity contribution in [2.75, 3.05) is 0 Å². The lowest BCUT2D eigenvalue weighted by molar-refractivity contribution is 0.367. The highest BCUT2D eigenvalue weighted by atomic mass is 14.4. The first kappa shape index (κ1) is 11.8. The molecular formula is C14H19N. The highest BCUT2D eigenvalue weighted by Gasteiger charge is 2.30. The van der Waals surface area contributed by atoms with Crippen molar-refractivity contribution < 1.29 is 0 Å². The predicted octanol–water partition coefficient (Wildman–Crippen LogP) is 3.90. The van der Waals surface area contributed by atoms with Crippen LogP contribution in [-0.2, 0) is 5.41 Å². The van der Waals surface area contributed by atoms with E-state index in [1.807, 2.05) is 18.2 Å². The van der Waals surface area contributed by atoms with E-state index in [1.165, 1.54) is 5.56 Å². The summed E-state index contributed by atoms with van der Waals surface area (Å²) in [5.41, 5.74) is 1.21. The molecule has 0 aromatic heterocycles. The predicted molar refractivity (Wildman–Crippen MR) is 63.5 cm³/mol. The van der Waals surface area contributed by atoms with Gasteiger partial charge < -0.3 is 0 Å². The van der Waals surface area contributed by atoms with E-state index in [-0.39, 0.29) is 11.3 Å². The second kappa shape index (κ2) is 4.98. The Hall–Kier alpha value is -1.29. The summed E-state index contributed by atoms with van der Waals surface area (Å²) in [4.78, 5) is 0. The molecule has 0 saturated carbocycles. The lowest BCUT2D eigenvalue weighted by atomic mass is 9.72. The summed E-state index contributed by atoms with van der Waals surface area (Å²) in [6, 6.07) is 12.8. The number of benzene rings is 1. The third kappa shape index (κ3) is 2.59. The molecule has 0 bridgehead atoms. The monoisotopic (exact) mass is 201 g/mol. The fraction of sp³-hybridized carbons (Fsp3) is 0.500. The van der Waals surface area contributed by atoms with Crippen LogP contribution in [-0.4, -0.2) is 0 Å². The fourth-order valence-corrected chi connectivity index (χ4v) is 1.94. The molecule has 15 heavy (non-hydrogen) atoms. The van der Waals surface area contributed by atoms with Crippen LogP contribution in [0.25, 0.3) is 0 Å².